The van der Waals surface area contributed by atoms with E-state index < -0.39 is 51.7 Å². The van der Waals surface area contributed by atoms with Crippen LogP contribution in [0.4, 0.5) is 30.7 Å². The van der Waals surface area contributed by atoms with Crippen molar-refractivity contribution in [3.05, 3.63) is 285 Å². The second-order valence-electron chi connectivity index (χ2n) is 24.5. The molecule has 0 saturated carbocycles. The summed E-state index contributed by atoms with van der Waals surface area (Å²) in [5.41, 5.74) is -7.20. The first kappa shape index (κ1) is 81.4. The Labute approximate surface area is 635 Å². The summed E-state index contributed by atoms with van der Waals surface area (Å²) in [5, 5.41) is 62.5. The Bertz CT molecular complexity index is 4750. The van der Waals surface area contributed by atoms with Crippen LogP contribution >= 0.6 is 58.0 Å². The molecule has 0 spiro atoms. The van der Waals surface area contributed by atoms with E-state index in [9.17, 15) is 51.2 Å². The van der Waals surface area contributed by atoms with E-state index in [1.807, 2.05) is 13.8 Å². The van der Waals surface area contributed by atoms with Gasteiger partial charge in [-0.15, -0.1) is 0 Å². The fraction of sp³-hybridized carbons (Fsp3) is 0.253. The molecule has 562 valence electrons. The highest BCUT2D eigenvalue weighted by Crippen LogP contribution is 2.45. The lowest BCUT2D eigenvalue weighted by Crippen LogP contribution is -2.34. The molecule has 0 saturated heterocycles. The molecule has 4 N–H and O–H groups in total. The van der Waals surface area contributed by atoms with Crippen molar-refractivity contribution in [2.24, 2.45) is 0 Å². The van der Waals surface area contributed by atoms with Crippen LogP contribution in [0.5, 0.6) is 46.0 Å². The summed E-state index contributed by atoms with van der Waals surface area (Å²) >= 11 is 30.5. The van der Waals surface area contributed by atoms with E-state index in [1.54, 1.807) is 138 Å². The van der Waals surface area contributed by atoms with Gasteiger partial charge < -0.3 is 39.4 Å². The minimum atomic E-state index is -4.72. The Balaban J connectivity index is 0.000000165. The van der Waals surface area contributed by atoms with Gasteiger partial charge in [-0.1, -0.05) is 116 Å². The number of benzene rings is 8. The molecule has 4 aromatic heterocycles. The SMILES string of the molecule is CC(O)(Cn1cncn1)c1ccc(Oc2ccc(F)cc2)cc1C(F)(F)F.CCC(O)(Cn1cncn1)c1ccc(Oc2ccc(Cl)cc2)cc1Cl.CCCC(O)(Cn1cncn1)c1ccc(Oc2ccc(Cl)cc2)cc1C(F)(F)F.CCCC(O)(Cn1cncn1)c1ccc(Oc2ccc(Cl)cc2)cc1Cl. The number of aliphatic hydroxyl groups is 4. The number of aromatic nitrogens is 12. The highest BCUT2D eigenvalue weighted by molar-refractivity contribution is 6.32. The summed E-state index contributed by atoms with van der Waals surface area (Å²) in [6.45, 7) is 7.13. The van der Waals surface area contributed by atoms with E-state index in [0.717, 1.165) is 36.8 Å². The van der Waals surface area contributed by atoms with Crippen molar-refractivity contribution in [2.45, 2.75) is 121 Å². The third kappa shape index (κ3) is 22.9. The average Bonchev–Trinajstić information content (AvgIpc) is 1.37. The van der Waals surface area contributed by atoms with Crippen LogP contribution in [-0.4, -0.2) is 79.5 Å². The molecular weight excluding hydrogens is 1510 g/mol. The van der Waals surface area contributed by atoms with E-state index in [2.05, 4.69) is 40.3 Å². The van der Waals surface area contributed by atoms with Crippen LogP contribution in [0.1, 0.15) is 93.2 Å². The van der Waals surface area contributed by atoms with Crippen molar-refractivity contribution in [1.29, 1.82) is 0 Å². The van der Waals surface area contributed by atoms with Crippen molar-refractivity contribution >= 4 is 58.0 Å². The van der Waals surface area contributed by atoms with E-state index in [1.165, 1.54) is 84.6 Å². The third-order valence-corrected chi connectivity index (χ3v) is 17.7. The fourth-order valence-electron chi connectivity index (χ4n) is 11.2. The first-order chi connectivity index (χ1) is 50.9. The summed E-state index contributed by atoms with van der Waals surface area (Å²) in [6.07, 6.45) is 4.16. The predicted octanol–water partition coefficient (Wildman–Crippen LogP) is 19.3. The van der Waals surface area contributed by atoms with Gasteiger partial charge in [0.25, 0.3) is 0 Å². The second kappa shape index (κ2) is 36.3. The van der Waals surface area contributed by atoms with E-state index in [-0.39, 0.29) is 61.0 Å². The van der Waals surface area contributed by atoms with Crippen molar-refractivity contribution in [2.75, 3.05) is 0 Å². The lowest BCUT2D eigenvalue weighted by molar-refractivity contribution is -0.141. The number of alkyl halides is 6. The number of hydrogen-bond acceptors (Lipinski definition) is 16. The Morgan fingerprint density at radius 3 is 0.944 bits per heavy atom. The molecule has 0 amide bonds. The summed E-state index contributed by atoms with van der Waals surface area (Å²) < 4.78 is 123. The molecule has 107 heavy (non-hydrogen) atoms. The number of halogens is 12. The molecule has 0 radical (unpaired) electrons. The minimum absolute atomic E-state index is 0.00278. The molecule has 0 bridgehead atoms. The minimum Gasteiger partial charge on any atom is -0.457 e. The maximum absolute atomic E-state index is 13.9. The molecule has 32 heteroatoms. The quantitative estimate of drug-likeness (QED) is 0.0389. The molecule has 12 aromatic rings. The number of hydrogen-bond donors (Lipinski definition) is 4. The van der Waals surface area contributed by atoms with Crippen LogP contribution in [0.3, 0.4) is 0 Å². The van der Waals surface area contributed by atoms with Gasteiger partial charge in [0, 0.05) is 26.2 Å². The number of nitrogens with zero attached hydrogens (tertiary/aromatic N) is 12. The average molecular weight is 1580 g/mol. The zero-order valence-corrected chi connectivity index (χ0v) is 61.3. The van der Waals surface area contributed by atoms with Crippen molar-refractivity contribution in [3.8, 4) is 46.0 Å². The summed E-state index contributed by atoms with van der Waals surface area (Å²) in [6, 6.07) is 42.6. The van der Waals surface area contributed by atoms with Crippen molar-refractivity contribution in [3.63, 3.8) is 0 Å². The highest BCUT2D eigenvalue weighted by Gasteiger charge is 2.43. The third-order valence-electron chi connectivity index (χ3n) is 16.3. The van der Waals surface area contributed by atoms with Gasteiger partial charge in [-0.2, -0.15) is 46.7 Å². The summed E-state index contributed by atoms with van der Waals surface area (Å²) in [5.74, 6) is 2.44. The normalized spacial score (nSPS) is 13.7. The molecular formula is C75H70Cl5F7N12O8. The standard InChI is InChI=1S/C20H19ClF3N3O2.C19H19Cl2N3O2.C18H17Cl2N3O2.C18H15F4N3O2/c1-2-9-19(28,11-27-13-25-12-26-27)17-8-7-16(10-18(17)20(22,23)24)29-15-5-3-14(21)4-6-15;1-2-9-19(25,11-24-13-22-12-23-24)17-8-7-16(10-18(17)21)26-15-5-3-14(20)4-6-15;1-2-18(24,10-23-12-21-11-22-23)16-8-7-15(9-17(16)20)25-14-5-3-13(19)4-6-14;1-17(26,9-25-11-23-10-24-25)15-7-6-14(8-16(15)18(20,21)22)27-13-4-2-12(19)3-5-13/h3-8,10,12-13,28H,2,9,11H2,1H3;3-8,10,12-13,25H,2,9,11H2,1H3;3-9,11-12,24H,2,10H2,1H3;2-8,10-11,26H,9H2,1H3. The van der Waals surface area contributed by atoms with Crippen molar-refractivity contribution in [1.82, 2.24) is 59.1 Å². The van der Waals surface area contributed by atoms with Gasteiger partial charge in [-0.05, 0) is 183 Å². The highest BCUT2D eigenvalue weighted by atomic mass is 35.5. The Morgan fingerprint density at radius 2 is 0.626 bits per heavy atom. The van der Waals surface area contributed by atoms with Crippen LogP contribution in [-0.2, 0) is 60.9 Å². The van der Waals surface area contributed by atoms with Gasteiger partial charge in [-0.3, -0.25) is 0 Å². The van der Waals surface area contributed by atoms with Crippen LogP contribution < -0.4 is 18.9 Å². The molecule has 20 nitrogen and oxygen atoms in total. The molecule has 0 fully saturated rings. The first-order valence-electron chi connectivity index (χ1n) is 32.8. The Morgan fingerprint density at radius 1 is 0.346 bits per heavy atom. The maximum Gasteiger partial charge on any atom is 0.416 e. The number of ether oxygens (including phenoxy) is 4. The monoisotopic (exact) mass is 1570 g/mol. The summed E-state index contributed by atoms with van der Waals surface area (Å²) in [4.78, 5) is 15.3. The molecule has 4 atom stereocenters. The van der Waals surface area contributed by atoms with Gasteiger partial charge >= 0.3 is 12.4 Å². The summed E-state index contributed by atoms with van der Waals surface area (Å²) in [7, 11) is 0. The lowest BCUT2D eigenvalue weighted by atomic mass is 9.85. The van der Waals surface area contributed by atoms with Crippen LogP contribution in [0, 0.1) is 5.82 Å². The molecule has 4 unspecified atom stereocenters. The zero-order chi connectivity index (χ0) is 77.2. The fourth-order valence-corrected chi connectivity index (χ4v) is 12.3. The predicted molar refractivity (Wildman–Crippen MR) is 388 cm³/mol. The number of rotatable bonds is 25. The lowest BCUT2D eigenvalue weighted by Gasteiger charge is -2.31. The van der Waals surface area contributed by atoms with Gasteiger partial charge in [0.2, 0.25) is 0 Å². The maximum atomic E-state index is 13.9. The molecule has 0 aliphatic carbocycles. The molecule has 12 rings (SSSR count). The Kier molecular flexibility index (Phi) is 27.6. The van der Waals surface area contributed by atoms with E-state index in [0.29, 0.717) is 84.3 Å². The van der Waals surface area contributed by atoms with Gasteiger partial charge in [0.15, 0.2) is 0 Å². The van der Waals surface area contributed by atoms with Gasteiger partial charge in [0.1, 0.15) is 125 Å². The molecule has 4 heterocycles. The van der Waals surface area contributed by atoms with Crippen molar-refractivity contribution < 1.29 is 70.1 Å². The molecule has 8 aromatic carbocycles. The van der Waals surface area contributed by atoms with E-state index in [4.69, 9.17) is 77.0 Å². The van der Waals surface area contributed by atoms with E-state index >= 15 is 0 Å². The van der Waals surface area contributed by atoms with Crippen LogP contribution in [0.15, 0.2) is 220 Å². The van der Waals surface area contributed by atoms with Gasteiger partial charge in [-0.25, -0.2) is 43.1 Å². The smallest absolute Gasteiger partial charge is 0.416 e. The second-order valence-corrected chi connectivity index (χ2v) is 26.6. The Hall–Kier alpha value is -9.68. The molecule has 0 aliphatic heterocycles. The van der Waals surface area contributed by atoms with Crippen LogP contribution in [0.25, 0.3) is 0 Å². The topological polar surface area (TPSA) is 241 Å². The van der Waals surface area contributed by atoms with Crippen LogP contribution in [0.2, 0.25) is 25.1 Å². The largest absolute Gasteiger partial charge is 0.457 e. The van der Waals surface area contributed by atoms with Gasteiger partial charge in [0.05, 0.1) is 47.4 Å². The first-order valence-corrected chi connectivity index (χ1v) is 34.7. The zero-order valence-electron chi connectivity index (χ0n) is 57.5. The molecule has 0 aliphatic rings.